The number of rotatable bonds is 4. The van der Waals surface area contributed by atoms with Gasteiger partial charge in [-0.25, -0.2) is 4.98 Å². The van der Waals surface area contributed by atoms with E-state index in [1.54, 1.807) is 13.2 Å². The topological polar surface area (TPSA) is 95.5 Å². The Morgan fingerprint density at radius 1 is 0.974 bits per heavy atom. The lowest BCUT2D eigenvalue weighted by molar-refractivity contribution is -0.132. The lowest BCUT2D eigenvalue weighted by atomic mass is 9.85. The molecule has 7 nitrogen and oxygen atoms in total. The summed E-state index contributed by atoms with van der Waals surface area (Å²) in [7, 11) is 1.59. The molecule has 0 saturated carbocycles. The molecular weight excluding hydrogens is 490 g/mol. The SMILES string of the molecule is COc1cc(C)c(/C(O)=C2\C(=O)C(=O)N(c3nc4ccc(C)cc4[nH]3)C2c2ccc(C(C)(C)C)cc2)cc1C. The highest BCUT2D eigenvalue weighted by Gasteiger charge is 2.48. The van der Waals surface area contributed by atoms with Crippen LogP contribution in [0.25, 0.3) is 16.8 Å². The Balaban J connectivity index is 1.74. The van der Waals surface area contributed by atoms with Gasteiger partial charge in [0.1, 0.15) is 11.5 Å². The molecule has 1 unspecified atom stereocenters. The molecule has 39 heavy (non-hydrogen) atoms. The number of aromatic nitrogens is 2. The van der Waals surface area contributed by atoms with E-state index in [0.29, 0.717) is 22.4 Å². The number of hydrogen-bond donors (Lipinski definition) is 2. The van der Waals surface area contributed by atoms with Gasteiger partial charge in [0.25, 0.3) is 5.78 Å². The number of carbonyl (C=O) groups excluding carboxylic acids is 2. The number of aromatic amines is 1. The minimum Gasteiger partial charge on any atom is -0.507 e. The van der Waals surface area contributed by atoms with Crippen LogP contribution in [0.3, 0.4) is 0 Å². The zero-order valence-corrected chi connectivity index (χ0v) is 23.3. The van der Waals surface area contributed by atoms with E-state index in [1.807, 2.05) is 69.3 Å². The van der Waals surface area contributed by atoms with Gasteiger partial charge in [0, 0.05) is 5.56 Å². The van der Waals surface area contributed by atoms with Crippen LogP contribution >= 0.6 is 0 Å². The molecule has 1 saturated heterocycles. The largest absolute Gasteiger partial charge is 0.507 e. The Morgan fingerprint density at radius 3 is 2.31 bits per heavy atom. The average molecular weight is 524 g/mol. The zero-order chi connectivity index (χ0) is 28.2. The predicted octanol–water partition coefficient (Wildman–Crippen LogP) is 6.42. The number of ether oxygens (including phenoxy) is 1. The summed E-state index contributed by atoms with van der Waals surface area (Å²) in [5.41, 5.74) is 6.24. The fourth-order valence-corrected chi connectivity index (χ4v) is 5.17. The van der Waals surface area contributed by atoms with Crippen molar-refractivity contribution >= 4 is 34.4 Å². The van der Waals surface area contributed by atoms with Crippen molar-refractivity contribution in [3.8, 4) is 5.75 Å². The monoisotopic (exact) mass is 523 g/mol. The molecule has 4 aromatic rings. The highest BCUT2D eigenvalue weighted by Crippen LogP contribution is 2.43. The number of benzene rings is 3. The Morgan fingerprint density at radius 2 is 1.67 bits per heavy atom. The van der Waals surface area contributed by atoms with Crippen LogP contribution in [0, 0.1) is 20.8 Å². The maximum atomic E-state index is 13.6. The number of methoxy groups -OCH3 is 1. The van der Waals surface area contributed by atoms with Gasteiger partial charge in [0.2, 0.25) is 5.95 Å². The Bertz CT molecular complexity index is 1660. The Hall–Kier alpha value is -4.39. The molecule has 2 N–H and O–H groups in total. The third-order valence-corrected chi connectivity index (χ3v) is 7.39. The Kier molecular flexibility index (Phi) is 6.33. The summed E-state index contributed by atoms with van der Waals surface area (Å²) in [6, 6.07) is 16.3. The molecule has 0 spiro atoms. The third kappa shape index (κ3) is 4.48. The number of fused-ring (bicyclic) bond motifs is 1. The number of imidazole rings is 1. The summed E-state index contributed by atoms with van der Waals surface area (Å²) in [6.45, 7) is 12.1. The average Bonchev–Trinajstić information content (AvgIpc) is 3.41. The first-order chi connectivity index (χ1) is 18.4. The van der Waals surface area contributed by atoms with Gasteiger partial charge in [-0.15, -0.1) is 0 Å². The van der Waals surface area contributed by atoms with Gasteiger partial charge in [0.05, 0.1) is 29.8 Å². The molecule has 3 aromatic carbocycles. The second-order valence-corrected chi connectivity index (χ2v) is 11.3. The van der Waals surface area contributed by atoms with Crippen LogP contribution in [-0.4, -0.2) is 33.9 Å². The van der Waals surface area contributed by atoms with Crippen molar-refractivity contribution in [3.05, 3.63) is 93.6 Å². The molecule has 0 aliphatic carbocycles. The fraction of sp³-hybridized carbons (Fsp3) is 0.281. The number of amides is 1. The standard InChI is InChI=1S/C32H33N3O4/c1-17-8-13-23-24(14-17)34-31(33-23)35-27(20-9-11-21(12-10-20)32(4,5)6)26(29(37)30(35)38)28(36)22-15-19(3)25(39-7)16-18(22)2/h8-16,27,36H,1-7H3,(H,33,34)/b28-26+. The first-order valence-corrected chi connectivity index (χ1v) is 12.9. The number of aryl methyl sites for hydroxylation is 3. The highest BCUT2D eigenvalue weighted by molar-refractivity contribution is 6.51. The number of nitrogens with one attached hydrogen (secondary N) is 1. The molecule has 7 heteroatoms. The number of ketones is 1. The summed E-state index contributed by atoms with van der Waals surface area (Å²) in [5, 5.41) is 11.6. The van der Waals surface area contributed by atoms with Crippen molar-refractivity contribution in [2.75, 3.05) is 12.0 Å². The van der Waals surface area contributed by atoms with E-state index in [1.165, 1.54) is 4.90 Å². The van der Waals surface area contributed by atoms with E-state index in [0.717, 1.165) is 27.8 Å². The second-order valence-electron chi connectivity index (χ2n) is 11.3. The van der Waals surface area contributed by atoms with E-state index in [2.05, 4.69) is 30.7 Å². The van der Waals surface area contributed by atoms with E-state index in [9.17, 15) is 14.7 Å². The van der Waals surface area contributed by atoms with Crippen LogP contribution in [-0.2, 0) is 15.0 Å². The van der Waals surface area contributed by atoms with Crippen molar-refractivity contribution in [1.82, 2.24) is 9.97 Å². The number of H-pyrrole nitrogens is 1. The van der Waals surface area contributed by atoms with Gasteiger partial charge >= 0.3 is 5.91 Å². The summed E-state index contributed by atoms with van der Waals surface area (Å²) < 4.78 is 5.43. The maximum Gasteiger partial charge on any atom is 0.302 e. The van der Waals surface area contributed by atoms with E-state index >= 15 is 0 Å². The van der Waals surface area contributed by atoms with E-state index in [-0.39, 0.29) is 22.7 Å². The van der Waals surface area contributed by atoms with Crippen LogP contribution in [0.2, 0.25) is 0 Å². The number of hydrogen-bond acceptors (Lipinski definition) is 5. The normalized spacial score (nSPS) is 17.3. The lowest BCUT2D eigenvalue weighted by Crippen LogP contribution is -2.30. The van der Waals surface area contributed by atoms with E-state index < -0.39 is 17.7 Å². The van der Waals surface area contributed by atoms with Crippen molar-refractivity contribution < 1.29 is 19.4 Å². The van der Waals surface area contributed by atoms with E-state index in [4.69, 9.17) is 4.74 Å². The van der Waals surface area contributed by atoms with Crippen LogP contribution < -0.4 is 9.64 Å². The molecule has 1 aliphatic heterocycles. The number of carbonyl (C=O) groups is 2. The first-order valence-electron chi connectivity index (χ1n) is 12.9. The molecule has 1 fully saturated rings. The number of aliphatic hydroxyl groups excluding tert-OH is 1. The van der Waals surface area contributed by atoms with Gasteiger partial charge in [-0.2, -0.15) is 0 Å². The Labute approximate surface area is 228 Å². The zero-order valence-electron chi connectivity index (χ0n) is 23.3. The number of Topliss-reactive ketones (excluding diaryl/α,β-unsaturated/α-hetero) is 1. The van der Waals surface area contributed by atoms with Crippen LogP contribution in [0.15, 0.2) is 60.2 Å². The van der Waals surface area contributed by atoms with Crippen LogP contribution in [0.1, 0.15) is 60.2 Å². The summed E-state index contributed by atoms with van der Waals surface area (Å²) in [6.07, 6.45) is 0. The molecule has 0 radical (unpaired) electrons. The second kappa shape index (κ2) is 9.42. The molecule has 200 valence electrons. The van der Waals surface area contributed by atoms with Gasteiger partial charge < -0.3 is 14.8 Å². The molecule has 1 amide bonds. The molecule has 1 atom stereocenters. The minimum absolute atomic E-state index is 0.0211. The van der Waals surface area contributed by atoms with Crippen LogP contribution in [0.5, 0.6) is 5.75 Å². The van der Waals surface area contributed by atoms with Crippen molar-refractivity contribution in [1.29, 1.82) is 0 Å². The number of anilines is 1. The molecule has 0 bridgehead atoms. The first kappa shape index (κ1) is 26.2. The van der Waals surface area contributed by atoms with Crippen molar-refractivity contribution in [2.45, 2.75) is 53.0 Å². The molecule has 5 rings (SSSR count). The number of nitrogens with zero attached hydrogens (tertiary/aromatic N) is 2. The van der Waals surface area contributed by atoms with Crippen molar-refractivity contribution in [3.63, 3.8) is 0 Å². The summed E-state index contributed by atoms with van der Waals surface area (Å²) in [4.78, 5) is 36.5. The summed E-state index contributed by atoms with van der Waals surface area (Å²) >= 11 is 0. The molecule has 2 heterocycles. The van der Waals surface area contributed by atoms with Gasteiger partial charge in [-0.3, -0.25) is 14.5 Å². The number of aliphatic hydroxyl groups is 1. The maximum absolute atomic E-state index is 13.6. The third-order valence-electron chi connectivity index (χ3n) is 7.39. The lowest BCUT2D eigenvalue weighted by Gasteiger charge is -2.25. The smallest absolute Gasteiger partial charge is 0.302 e. The quantitative estimate of drug-likeness (QED) is 0.183. The van der Waals surface area contributed by atoms with Gasteiger partial charge in [-0.05, 0) is 78.3 Å². The molecule has 1 aromatic heterocycles. The fourth-order valence-electron chi connectivity index (χ4n) is 5.17. The molecular formula is C32H33N3O4. The molecule has 1 aliphatic rings. The van der Waals surface area contributed by atoms with Crippen molar-refractivity contribution in [2.24, 2.45) is 0 Å². The van der Waals surface area contributed by atoms with Gasteiger partial charge in [-0.1, -0.05) is 51.1 Å². The predicted molar refractivity (Wildman–Crippen MR) is 153 cm³/mol. The highest BCUT2D eigenvalue weighted by atomic mass is 16.5. The van der Waals surface area contributed by atoms with Crippen LogP contribution in [0.4, 0.5) is 5.95 Å². The minimum atomic E-state index is -0.873. The van der Waals surface area contributed by atoms with Gasteiger partial charge in [0.15, 0.2) is 0 Å². The summed E-state index contributed by atoms with van der Waals surface area (Å²) in [5.74, 6) is -0.807.